The van der Waals surface area contributed by atoms with Gasteiger partial charge in [0.15, 0.2) is 0 Å². The minimum Gasteiger partial charge on any atom is -0.334 e. The molecule has 0 saturated carbocycles. The molecule has 2 aromatic carbocycles. The van der Waals surface area contributed by atoms with Crippen molar-refractivity contribution in [1.82, 2.24) is 14.9 Å². The second kappa shape index (κ2) is 9.18. The molecule has 0 spiro atoms. The molecule has 0 atom stereocenters. The Hall–Kier alpha value is -3.73. The summed E-state index contributed by atoms with van der Waals surface area (Å²) < 4.78 is 0. The Labute approximate surface area is 187 Å². The number of nitrogens with one attached hydrogen (secondary N) is 1. The molecule has 4 aromatic rings. The van der Waals surface area contributed by atoms with E-state index >= 15 is 0 Å². The number of carbonyl (C=O) groups is 1. The van der Waals surface area contributed by atoms with Crippen LogP contribution in [0.2, 0.25) is 0 Å². The molecule has 0 unspecified atom stereocenters. The SMILES string of the molecule is Cc1ccccc1CCN(Cc1cc2ccc(C)c(C)c2[nH]c1=O)C(=O)c1ccncc1. The topological polar surface area (TPSA) is 66.1 Å². The lowest BCUT2D eigenvalue weighted by Crippen LogP contribution is -2.34. The monoisotopic (exact) mass is 425 g/mol. The fourth-order valence-electron chi connectivity index (χ4n) is 3.97. The zero-order chi connectivity index (χ0) is 22.7. The van der Waals surface area contributed by atoms with E-state index < -0.39 is 0 Å². The molecule has 4 rings (SSSR count). The van der Waals surface area contributed by atoms with Crippen molar-refractivity contribution >= 4 is 16.8 Å². The summed E-state index contributed by atoms with van der Waals surface area (Å²) in [4.78, 5) is 35.0. The number of hydrogen-bond donors (Lipinski definition) is 1. The molecule has 1 N–H and O–H groups in total. The van der Waals surface area contributed by atoms with Gasteiger partial charge in [-0.05, 0) is 73.0 Å². The van der Waals surface area contributed by atoms with Crippen molar-refractivity contribution in [3.05, 3.63) is 111 Å². The predicted octanol–water partition coefficient (Wildman–Crippen LogP) is 4.73. The average Bonchev–Trinajstić information content (AvgIpc) is 2.81. The molecule has 0 fully saturated rings. The Morgan fingerprint density at radius 3 is 2.44 bits per heavy atom. The summed E-state index contributed by atoms with van der Waals surface area (Å²) in [5.41, 5.74) is 6.42. The molecule has 2 heterocycles. The first-order valence-corrected chi connectivity index (χ1v) is 10.8. The number of carbonyl (C=O) groups excluding carboxylic acids is 1. The molecule has 1 amide bonds. The van der Waals surface area contributed by atoms with Crippen molar-refractivity contribution in [2.45, 2.75) is 33.7 Å². The van der Waals surface area contributed by atoms with Crippen molar-refractivity contribution in [1.29, 1.82) is 0 Å². The molecular formula is C27H27N3O2. The number of amides is 1. The van der Waals surface area contributed by atoms with Crippen molar-refractivity contribution in [2.24, 2.45) is 0 Å². The van der Waals surface area contributed by atoms with Crippen molar-refractivity contribution < 1.29 is 4.79 Å². The highest BCUT2D eigenvalue weighted by atomic mass is 16.2. The largest absolute Gasteiger partial charge is 0.334 e. The third kappa shape index (κ3) is 4.47. The van der Waals surface area contributed by atoms with Crippen LogP contribution in [-0.2, 0) is 13.0 Å². The Morgan fingerprint density at radius 1 is 0.938 bits per heavy atom. The first-order chi connectivity index (χ1) is 15.4. The van der Waals surface area contributed by atoms with Gasteiger partial charge in [-0.25, -0.2) is 0 Å². The molecule has 0 radical (unpaired) electrons. The molecule has 0 aliphatic carbocycles. The number of nitrogens with zero attached hydrogens (tertiary/aromatic N) is 2. The highest BCUT2D eigenvalue weighted by Gasteiger charge is 2.18. The van der Waals surface area contributed by atoms with E-state index in [4.69, 9.17) is 0 Å². The molecule has 5 nitrogen and oxygen atoms in total. The van der Waals surface area contributed by atoms with Crippen LogP contribution in [0, 0.1) is 20.8 Å². The van der Waals surface area contributed by atoms with Crippen LogP contribution in [0.15, 0.2) is 71.8 Å². The quantitative estimate of drug-likeness (QED) is 0.486. The number of aromatic amines is 1. The lowest BCUT2D eigenvalue weighted by molar-refractivity contribution is 0.0744. The van der Waals surface area contributed by atoms with Gasteiger partial charge in [0.2, 0.25) is 0 Å². The lowest BCUT2D eigenvalue weighted by Gasteiger charge is -2.23. The van der Waals surface area contributed by atoms with Gasteiger partial charge in [0.25, 0.3) is 11.5 Å². The van der Waals surface area contributed by atoms with Crippen LogP contribution in [0.3, 0.4) is 0 Å². The second-order valence-electron chi connectivity index (χ2n) is 8.23. The maximum Gasteiger partial charge on any atom is 0.254 e. The zero-order valence-corrected chi connectivity index (χ0v) is 18.7. The second-order valence-corrected chi connectivity index (χ2v) is 8.23. The summed E-state index contributed by atoms with van der Waals surface area (Å²) in [6.07, 6.45) is 3.94. The predicted molar refractivity (Wildman–Crippen MR) is 128 cm³/mol. The van der Waals surface area contributed by atoms with Gasteiger partial charge in [0.1, 0.15) is 0 Å². The first-order valence-electron chi connectivity index (χ1n) is 10.8. The van der Waals surface area contributed by atoms with Crippen LogP contribution in [-0.4, -0.2) is 27.3 Å². The smallest absolute Gasteiger partial charge is 0.254 e. The number of hydrogen-bond acceptors (Lipinski definition) is 3. The summed E-state index contributed by atoms with van der Waals surface area (Å²) in [6, 6.07) is 17.6. The Kier molecular flexibility index (Phi) is 6.17. The van der Waals surface area contributed by atoms with Gasteiger partial charge in [0.05, 0.1) is 12.1 Å². The van der Waals surface area contributed by atoms with Crippen LogP contribution >= 0.6 is 0 Å². The van der Waals surface area contributed by atoms with Crippen molar-refractivity contribution in [3.63, 3.8) is 0 Å². The summed E-state index contributed by atoms with van der Waals surface area (Å²) >= 11 is 0. The Morgan fingerprint density at radius 2 is 1.69 bits per heavy atom. The van der Waals surface area contributed by atoms with Gasteiger partial charge >= 0.3 is 0 Å². The van der Waals surface area contributed by atoms with E-state index in [1.807, 2.05) is 38.1 Å². The number of aryl methyl sites for hydroxylation is 3. The van der Waals surface area contributed by atoms with Crippen molar-refractivity contribution in [2.75, 3.05) is 6.54 Å². The molecule has 2 aromatic heterocycles. The maximum atomic E-state index is 13.3. The van der Waals surface area contributed by atoms with Gasteiger partial charge in [0, 0.05) is 30.1 Å². The van der Waals surface area contributed by atoms with E-state index in [0.717, 1.165) is 22.0 Å². The van der Waals surface area contributed by atoms with Crippen LogP contribution < -0.4 is 5.56 Å². The van der Waals surface area contributed by atoms with Crippen molar-refractivity contribution in [3.8, 4) is 0 Å². The van der Waals surface area contributed by atoms with Crippen LogP contribution in [0.25, 0.3) is 10.9 Å². The molecule has 0 aliphatic rings. The number of H-pyrrole nitrogens is 1. The third-order valence-corrected chi connectivity index (χ3v) is 6.12. The molecular weight excluding hydrogens is 398 g/mol. The Balaban J connectivity index is 1.67. The number of fused-ring (bicyclic) bond motifs is 1. The summed E-state index contributed by atoms with van der Waals surface area (Å²) in [5, 5.41) is 0.970. The van der Waals surface area contributed by atoms with Gasteiger partial charge in [-0.15, -0.1) is 0 Å². The number of benzene rings is 2. The Bertz CT molecular complexity index is 1330. The van der Waals surface area contributed by atoms with Gasteiger partial charge in [-0.1, -0.05) is 36.4 Å². The van der Waals surface area contributed by atoms with E-state index in [9.17, 15) is 9.59 Å². The molecule has 32 heavy (non-hydrogen) atoms. The maximum absolute atomic E-state index is 13.3. The highest BCUT2D eigenvalue weighted by molar-refractivity contribution is 5.94. The third-order valence-electron chi connectivity index (χ3n) is 6.12. The summed E-state index contributed by atoms with van der Waals surface area (Å²) in [5.74, 6) is -0.111. The molecule has 5 heteroatoms. The standard InChI is InChI=1S/C27H27N3O2/c1-18-8-9-23-16-24(26(31)29-25(23)20(18)3)17-30(27(32)22-10-13-28-14-11-22)15-12-21-7-5-4-6-19(21)2/h4-11,13-14,16H,12,15,17H2,1-3H3,(H,29,31). The minimum atomic E-state index is -0.158. The van der Waals surface area contributed by atoms with Gasteiger partial charge in [-0.3, -0.25) is 14.6 Å². The molecule has 0 bridgehead atoms. The van der Waals surface area contributed by atoms with E-state index in [2.05, 4.69) is 35.1 Å². The average molecular weight is 426 g/mol. The van der Waals surface area contributed by atoms with Crippen LogP contribution in [0.5, 0.6) is 0 Å². The highest BCUT2D eigenvalue weighted by Crippen LogP contribution is 2.20. The fourth-order valence-corrected chi connectivity index (χ4v) is 3.97. The summed E-state index contributed by atoms with van der Waals surface area (Å²) in [6.45, 7) is 6.86. The van der Waals surface area contributed by atoms with E-state index in [1.54, 1.807) is 29.4 Å². The van der Waals surface area contributed by atoms with Crippen LogP contribution in [0.4, 0.5) is 0 Å². The summed E-state index contributed by atoms with van der Waals surface area (Å²) in [7, 11) is 0. The molecule has 0 saturated heterocycles. The van der Waals surface area contributed by atoms with E-state index in [1.165, 1.54) is 11.1 Å². The number of rotatable bonds is 6. The van der Waals surface area contributed by atoms with Crippen LogP contribution in [0.1, 0.15) is 38.2 Å². The number of pyridine rings is 2. The van der Waals surface area contributed by atoms with Gasteiger partial charge < -0.3 is 9.88 Å². The first kappa shape index (κ1) is 21.5. The molecule has 162 valence electrons. The van der Waals surface area contributed by atoms with E-state index in [0.29, 0.717) is 24.1 Å². The van der Waals surface area contributed by atoms with E-state index in [-0.39, 0.29) is 18.0 Å². The fraction of sp³-hybridized carbons (Fsp3) is 0.222. The van der Waals surface area contributed by atoms with Gasteiger partial charge in [-0.2, -0.15) is 0 Å². The molecule has 0 aliphatic heterocycles. The minimum absolute atomic E-state index is 0.111. The lowest BCUT2D eigenvalue weighted by atomic mass is 10.0. The number of aromatic nitrogens is 2. The normalized spacial score (nSPS) is 11.0. The zero-order valence-electron chi connectivity index (χ0n) is 18.7.